The average Bonchev–Trinajstić information content (AvgIpc) is 3.45. The van der Waals surface area contributed by atoms with Gasteiger partial charge in [0.15, 0.2) is 5.65 Å². The number of benzene rings is 2. The summed E-state index contributed by atoms with van der Waals surface area (Å²) in [5.74, 6) is -0.190. The molecule has 1 unspecified atom stereocenters. The minimum Gasteiger partial charge on any atom is -0.478 e. The molecule has 3 N–H and O–H groups in total. The number of fused-ring (bicyclic) bond motifs is 1. The highest BCUT2D eigenvalue weighted by molar-refractivity contribution is 8.00. The van der Waals surface area contributed by atoms with Crippen LogP contribution in [0.5, 0.6) is 5.88 Å². The minimum absolute atomic E-state index is 0.00552. The monoisotopic (exact) mass is 654 g/mol. The third kappa shape index (κ3) is 9.05. The number of ether oxygens (including phenoxy) is 1. The van der Waals surface area contributed by atoms with Crippen LogP contribution in [0.4, 0.5) is 5.95 Å². The fraction of sp³-hybridized carbons (Fsp3) is 0.371. The zero-order valence-corrected chi connectivity index (χ0v) is 28.7. The molecule has 0 saturated carbocycles. The summed E-state index contributed by atoms with van der Waals surface area (Å²) in [6, 6.07) is 14.9. The number of anilines is 1. The van der Waals surface area contributed by atoms with Gasteiger partial charge in [0, 0.05) is 35.2 Å². The molecule has 0 aliphatic rings. The van der Waals surface area contributed by atoms with Crippen LogP contribution in [0.2, 0.25) is 0 Å². The Balaban J connectivity index is 1.36. The van der Waals surface area contributed by atoms with Crippen LogP contribution in [0.15, 0.2) is 65.8 Å². The molecule has 0 amide bonds. The minimum atomic E-state index is -0.982. The Bertz CT molecular complexity index is 1850. The lowest BCUT2D eigenvalue weighted by molar-refractivity contribution is 0.0696. The van der Waals surface area contributed by atoms with Crippen molar-refractivity contribution in [2.45, 2.75) is 78.4 Å². The second kappa shape index (κ2) is 14.5. The van der Waals surface area contributed by atoms with Crippen LogP contribution in [-0.4, -0.2) is 53.4 Å². The van der Waals surface area contributed by atoms with Crippen molar-refractivity contribution in [1.29, 1.82) is 0 Å². The van der Waals surface area contributed by atoms with E-state index in [4.69, 9.17) is 14.7 Å². The zero-order chi connectivity index (χ0) is 33.7. The first-order valence-corrected chi connectivity index (χ1v) is 16.4. The van der Waals surface area contributed by atoms with E-state index in [2.05, 4.69) is 85.7 Å². The van der Waals surface area contributed by atoms with Crippen molar-refractivity contribution in [2.24, 2.45) is 5.41 Å². The van der Waals surface area contributed by atoms with Gasteiger partial charge in [-0.3, -0.25) is 9.40 Å². The van der Waals surface area contributed by atoms with Gasteiger partial charge in [0.2, 0.25) is 11.8 Å². The van der Waals surface area contributed by atoms with E-state index < -0.39 is 5.97 Å². The molecule has 0 aliphatic carbocycles. The molecule has 0 saturated heterocycles. The first-order valence-electron chi connectivity index (χ1n) is 15.6. The number of hydrogen-bond donors (Lipinski definition) is 3. The summed E-state index contributed by atoms with van der Waals surface area (Å²) in [6.07, 6.45) is 4.55. The Morgan fingerprint density at radius 2 is 1.79 bits per heavy atom. The van der Waals surface area contributed by atoms with Crippen molar-refractivity contribution in [3.05, 3.63) is 83.3 Å². The standard InChI is InChI=1S/C35H42N8O3S/c1-21(2)43-19-29-32(41-43)37-18-26(38-29)17-36-25(16-35(5,6)7)20-46-30-15-28(31-22(3)10-8-11-23(31)4)39-34(40-30)42-47-27-13-9-12-24(14-27)33(44)45/h8-15,18-19,21,25,36H,16-17,20H2,1-7H3,(H,44,45)(H,39,40,42). The van der Waals surface area contributed by atoms with Crippen molar-refractivity contribution in [3.8, 4) is 17.1 Å². The molecular formula is C35H42N8O3S. The fourth-order valence-corrected chi connectivity index (χ4v) is 5.90. The van der Waals surface area contributed by atoms with Crippen molar-refractivity contribution < 1.29 is 14.6 Å². The normalized spacial score (nSPS) is 12.4. The Hall–Kier alpha value is -4.55. The van der Waals surface area contributed by atoms with E-state index in [1.807, 2.05) is 29.1 Å². The van der Waals surface area contributed by atoms with E-state index >= 15 is 0 Å². The molecule has 0 fully saturated rings. The number of hydrogen-bond acceptors (Lipinski definition) is 10. The van der Waals surface area contributed by atoms with E-state index in [0.717, 1.165) is 44.9 Å². The molecule has 11 nitrogen and oxygen atoms in total. The summed E-state index contributed by atoms with van der Waals surface area (Å²) in [5.41, 5.74) is 6.41. The Labute approximate surface area is 279 Å². The smallest absolute Gasteiger partial charge is 0.335 e. The number of carboxylic acid groups (broad SMARTS) is 1. The zero-order valence-electron chi connectivity index (χ0n) is 27.9. The van der Waals surface area contributed by atoms with Gasteiger partial charge in [-0.25, -0.2) is 19.7 Å². The molecule has 12 heteroatoms. The van der Waals surface area contributed by atoms with Crippen LogP contribution >= 0.6 is 11.9 Å². The van der Waals surface area contributed by atoms with Crippen LogP contribution in [0.1, 0.15) is 74.3 Å². The topological polar surface area (TPSA) is 140 Å². The summed E-state index contributed by atoms with van der Waals surface area (Å²) in [6.45, 7) is 15.8. The first-order chi connectivity index (χ1) is 22.3. The van der Waals surface area contributed by atoms with E-state index in [9.17, 15) is 9.90 Å². The van der Waals surface area contributed by atoms with E-state index in [-0.39, 0.29) is 23.1 Å². The SMILES string of the molecule is Cc1cccc(C)c1-c1cc(OCC(CC(C)(C)C)NCc2cnc3nn(C(C)C)cc3n2)nc(NSc2cccc(C(=O)O)c2)n1. The number of rotatable bonds is 13. The van der Waals surface area contributed by atoms with Crippen LogP contribution in [-0.2, 0) is 6.54 Å². The number of carboxylic acids is 1. The third-order valence-electron chi connectivity index (χ3n) is 7.47. The third-order valence-corrected chi connectivity index (χ3v) is 8.24. The molecule has 47 heavy (non-hydrogen) atoms. The van der Waals surface area contributed by atoms with Gasteiger partial charge in [-0.15, -0.1) is 0 Å². The van der Waals surface area contributed by atoms with Gasteiger partial charge in [0.1, 0.15) is 12.1 Å². The van der Waals surface area contributed by atoms with Gasteiger partial charge < -0.3 is 15.2 Å². The highest BCUT2D eigenvalue weighted by atomic mass is 32.2. The summed E-state index contributed by atoms with van der Waals surface area (Å²) in [4.78, 5) is 31.0. The maximum atomic E-state index is 11.5. The van der Waals surface area contributed by atoms with Gasteiger partial charge >= 0.3 is 5.97 Å². The Kier molecular flexibility index (Phi) is 10.4. The quantitative estimate of drug-likeness (QED) is 0.110. The van der Waals surface area contributed by atoms with Gasteiger partial charge in [0.25, 0.3) is 0 Å². The van der Waals surface area contributed by atoms with Gasteiger partial charge in [-0.05, 0) is 80.8 Å². The van der Waals surface area contributed by atoms with Gasteiger partial charge in [-0.2, -0.15) is 10.1 Å². The van der Waals surface area contributed by atoms with Crippen LogP contribution in [0, 0.1) is 19.3 Å². The average molecular weight is 655 g/mol. The molecular weight excluding hydrogens is 613 g/mol. The predicted octanol–water partition coefficient (Wildman–Crippen LogP) is 7.27. The predicted molar refractivity (Wildman–Crippen MR) is 186 cm³/mol. The van der Waals surface area contributed by atoms with Gasteiger partial charge in [-0.1, -0.05) is 45.0 Å². The molecule has 5 rings (SSSR count). The highest BCUT2D eigenvalue weighted by Crippen LogP contribution is 2.30. The number of carbonyl (C=O) groups is 1. The second-order valence-electron chi connectivity index (χ2n) is 13.1. The van der Waals surface area contributed by atoms with E-state index in [1.54, 1.807) is 24.4 Å². The molecule has 2 aromatic carbocycles. The molecule has 0 radical (unpaired) electrons. The van der Waals surface area contributed by atoms with Crippen LogP contribution in [0.25, 0.3) is 22.4 Å². The van der Waals surface area contributed by atoms with E-state index in [0.29, 0.717) is 30.6 Å². The second-order valence-corrected chi connectivity index (χ2v) is 14.0. The lowest BCUT2D eigenvalue weighted by atomic mass is 9.88. The number of nitrogens with one attached hydrogen (secondary N) is 2. The van der Waals surface area contributed by atoms with Crippen molar-refractivity contribution in [1.82, 2.24) is 35.0 Å². The largest absolute Gasteiger partial charge is 0.478 e. The number of aromatic carboxylic acids is 1. The fourth-order valence-electron chi connectivity index (χ4n) is 5.26. The van der Waals surface area contributed by atoms with Crippen molar-refractivity contribution >= 4 is 35.0 Å². The highest BCUT2D eigenvalue weighted by Gasteiger charge is 2.21. The molecule has 3 aromatic heterocycles. The maximum absolute atomic E-state index is 11.5. The van der Waals surface area contributed by atoms with Crippen LogP contribution < -0.4 is 14.8 Å². The molecule has 246 valence electrons. The molecule has 0 spiro atoms. The lowest BCUT2D eigenvalue weighted by Crippen LogP contribution is -2.37. The van der Waals surface area contributed by atoms with Gasteiger partial charge in [0.05, 0.1) is 29.3 Å². The number of aromatic nitrogens is 6. The Morgan fingerprint density at radius 1 is 1.04 bits per heavy atom. The summed E-state index contributed by atoms with van der Waals surface area (Å²) in [5, 5.41) is 17.5. The maximum Gasteiger partial charge on any atom is 0.335 e. The first kappa shape index (κ1) is 33.8. The number of aryl methyl sites for hydroxylation is 2. The number of nitrogens with zero attached hydrogens (tertiary/aromatic N) is 6. The molecule has 1 atom stereocenters. The molecule has 0 aliphatic heterocycles. The summed E-state index contributed by atoms with van der Waals surface area (Å²) in [7, 11) is 0. The van der Waals surface area contributed by atoms with Crippen LogP contribution in [0.3, 0.4) is 0 Å². The van der Waals surface area contributed by atoms with Crippen molar-refractivity contribution in [3.63, 3.8) is 0 Å². The van der Waals surface area contributed by atoms with Crippen molar-refractivity contribution in [2.75, 3.05) is 11.3 Å². The molecule has 0 bridgehead atoms. The summed E-state index contributed by atoms with van der Waals surface area (Å²) >= 11 is 1.24. The summed E-state index contributed by atoms with van der Waals surface area (Å²) < 4.78 is 11.5. The van der Waals surface area contributed by atoms with E-state index in [1.165, 1.54) is 11.9 Å². The molecule has 5 aromatic rings. The molecule has 3 heterocycles. The Morgan fingerprint density at radius 3 is 2.49 bits per heavy atom. The lowest BCUT2D eigenvalue weighted by Gasteiger charge is -2.27.